The minimum absolute atomic E-state index is 0.946. The van der Waals surface area contributed by atoms with Crippen LogP contribution in [0.5, 0.6) is 0 Å². The number of allylic oxidation sites excluding steroid dienone is 2. The Labute approximate surface area is 128 Å². The normalized spacial score (nSPS) is 18.5. The highest BCUT2D eigenvalue weighted by atomic mass is 15.5. The smallest absolute Gasteiger partial charge is 0.120 e. The summed E-state index contributed by atoms with van der Waals surface area (Å²) in [6, 6.07) is 6.45. The molecular weight excluding hydrogens is 258 g/mol. The van der Waals surface area contributed by atoms with Gasteiger partial charge in [-0.05, 0) is 43.5 Å². The molecule has 3 heteroatoms. The van der Waals surface area contributed by atoms with Gasteiger partial charge in [0.2, 0.25) is 0 Å². The minimum Gasteiger partial charge on any atom is -0.263 e. The van der Waals surface area contributed by atoms with Gasteiger partial charge in [0.05, 0.1) is 5.69 Å². The van der Waals surface area contributed by atoms with Crippen LogP contribution in [0.1, 0.15) is 44.2 Å². The van der Waals surface area contributed by atoms with Gasteiger partial charge in [-0.2, -0.15) is 0 Å². The van der Waals surface area contributed by atoms with Gasteiger partial charge >= 0.3 is 0 Å². The number of fused-ring (bicyclic) bond motifs is 1. The third kappa shape index (κ3) is 3.82. The van der Waals surface area contributed by atoms with E-state index in [9.17, 15) is 0 Å². The molecule has 1 heterocycles. The summed E-state index contributed by atoms with van der Waals surface area (Å²) in [5.74, 6) is 0.946. The molecule has 0 unspecified atom stereocenters. The first-order valence-corrected chi connectivity index (χ1v) is 7.68. The summed E-state index contributed by atoms with van der Waals surface area (Å²) in [7, 11) is 0. The zero-order chi connectivity index (χ0) is 15.2. The molecule has 0 bridgehead atoms. The van der Waals surface area contributed by atoms with Crippen LogP contribution in [0, 0.1) is 6.92 Å². The van der Waals surface area contributed by atoms with E-state index in [1.54, 1.807) is 0 Å². The molecule has 3 nitrogen and oxygen atoms in total. The number of nitrogens with zero attached hydrogens (tertiary/aromatic N) is 2. The lowest BCUT2D eigenvalue weighted by molar-refractivity contribution is 0.630. The van der Waals surface area contributed by atoms with Crippen molar-refractivity contribution < 1.29 is 0 Å². The maximum Gasteiger partial charge on any atom is 0.120 e. The number of aliphatic imine (C=N–C) groups is 1. The van der Waals surface area contributed by atoms with Gasteiger partial charge < -0.3 is 0 Å². The fraction of sp³-hybridized carbons (Fsp3) is 0.389. The summed E-state index contributed by atoms with van der Waals surface area (Å²) in [5, 5.41) is 2.09. The number of aryl methyl sites for hydroxylation is 1. The Balaban J connectivity index is 2.33. The van der Waals surface area contributed by atoms with Gasteiger partial charge in [-0.15, -0.1) is 0 Å². The molecule has 0 atom stereocenters. The fourth-order valence-electron chi connectivity index (χ4n) is 2.42. The molecule has 1 aliphatic rings. The van der Waals surface area contributed by atoms with Gasteiger partial charge in [0.15, 0.2) is 0 Å². The number of unbranched alkanes of at least 4 members (excludes halogenated alkanes) is 2. The highest BCUT2D eigenvalue weighted by Crippen LogP contribution is 2.29. The van der Waals surface area contributed by atoms with Crippen molar-refractivity contribution >= 4 is 17.1 Å². The molecular formula is C18H25N3. The molecule has 0 aromatic heterocycles. The molecule has 1 aliphatic heterocycles. The summed E-state index contributed by atoms with van der Waals surface area (Å²) < 4.78 is 0. The van der Waals surface area contributed by atoms with Crippen molar-refractivity contribution in [3.8, 4) is 0 Å². The van der Waals surface area contributed by atoms with Crippen LogP contribution in [0.3, 0.4) is 0 Å². The number of amidine groups is 1. The molecule has 0 saturated carbocycles. The summed E-state index contributed by atoms with van der Waals surface area (Å²) >= 11 is 0. The second-order valence-electron chi connectivity index (χ2n) is 5.49. The molecule has 0 amide bonds. The van der Waals surface area contributed by atoms with E-state index in [1.807, 2.05) is 19.2 Å². The van der Waals surface area contributed by atoms with Crippen LogP contribution < -0.4 is 10.4 Å². The number of nitrogens with one attached hydrogen (secondary N) is 1. The first-order valence-electron chi connectivity index (χ1n) is 7.68. The van der Waals surface area contributed by atoms with Crippen LogP contribution in [0.4, 0.5) is 5.69 Å². The van der Waals surface area contributed by atoms with Crippen LogP contribution >= 0.6 is 0 Å². The van der Waals surface area contributed by atoms with Crippen molar-refractivity contribution in [3.05, 3.63) is 48.2 Å². The van der Waals surface area contributed by atoms with E-state index < -0.39 is 0 Å². The third-order valence-electron chi connectivity index (χ3n) is 3.65. The highest BCUT2D eigenvalue weighted by molar-refractivity contribution is 5.99. The second-order valence-corrected chi connectivity index (χ2v) is 5.49. The molecule has 0 saturated heterocycles. The Morgan fingerprint density at radius 3 is 2.81 bits per heavy atom. The first kappa shape index (κ1) is 15.5. The lowest BCUT2D eigenvalue weighted by Crippen LogP contribution is -2.43. The standard InChI is InChI=1S/C18H25N3/c1-5-6-7-11-20-21-16(4)19-12-10-15(3)17-9-8-14(2)13-18(17)21/h8-10,12-13,20H,3,5-7,11H2,1-2,4H3/b12-10-,19-16-. The maximum atomic E-state index is 4.48. The lowest BCUT2D eigenvalue weighted by atomic mass is 10.0. The zero-order valence-electron chi connectivity index (χ0n) is 13.3. The van der Waals surface area contributed by atoms with E-state index in [0.29, 0.717) is 0 Å². The predicted molar refractivity (Wildman–Crippen MR) is 92.5 cm³/mol. The molecule has 21 heavy (non-hydrogen) atoms. The van der Waals surface area contributed by atoms with Crippen molar-refractivity contribution in [1.82, 2.24) is 5.43 Å². The zero-order valence-corrected chi connectivity index (χ0v) is 13.3. The number of anilines is 1. The number of hydrazine groups is 1. The first-order chi connectivity index (χ1) is 10.1. The van der Waals surface area contributed by atoms with E-state index in [0.717, 1.165) is 35.6 Å². The molecule has 112 valence electrons. The SMILES string of the molecule is C=C1/C=C\N=C(\C)N(NCCCCC)c2cc(C)ccc21. The van der Waals surface area contributed by atoms with Gasteiger partial charge in [0.25, 0.3) is 0 Å². The molecule has 0 radical (unpaired) electrons. The average molecular weight is 283 g/mol. The van der Waals surface area contributed by atoms with Crippen LogP contribution in [-0.2, 0) is 0 Å². The van der Waals surface area contributed by atoms with Crippen molar-refractivity contribution in [2.24, 2.45) is 4.99 Å². The largest absolute Gasteiger partial charge is 0.263 e. The Morgan fingerprint density at radius 1 is 1.24 bits per heavy atom. The number of benzene rings is 1. The Bertz CT molecular complexity index is 570. The Morgan fingerprint density at radius 2 is 2.05 bits per heavy atom. The van der Waals surface area contributed by atoms with Gasteiger partial charge in [-0.3, -0.25) is 5.01 Å². The predicted octanol–water partition coefficient (Wildman–Crippen LogP) is 4.46. The third-order valence-corrected chi connectivity index (χ3v) is 3.65. The average Bonchev–Trinajstić information content (AvgIpc) is 2.46. The summed E-state index contributed by atoms with van der Waals surface area (Å²) in [4.78, 5) is 4.48. The summed E-state index contributed by atoms with van der Waals surface area (Å²) in [5.41, 5.74) is 8.00. The molecule has 0 spiro atoms. The summed E-state index contributed by atoms with van der Waals surface area (Å²) in [6.45, 7) is 11.4. The molecule has 0 aliphatic carbocycles. The molecule has 1 aromatic rings. The van der Waals surface area contributed by atoms with E-state index in [2.05, 4.69) is 54.1 Å². The monoisotopic (exact) mass is 283 g/mol. The molecule has 0 fully saturated rings. The van der Waals surface area contributed by atoms with Crippen LogP contribution in [0.2, 0.25) is 0 Å². The lowest BCUT2D eigenvalue weighted by Gasteiger charge is -2.28. The minimum atomic E-state index is 0.946. The number of hydrogen-bond acceptors (Lipinski definition) is 3. The van der Waals surface area contributed by atoms with Crippen LogP contribution in [0.15, 0.2) is 42.0 Å². The van der Waals surface area contributed by atoms with Crippen molar-refractivity contribution in [2.75, 3.05) is 11.6 Å². The quantitative estimate of drug-likeness (QED) is 0.808. The maximum absolute atomic E-state index is 4.48. The Hall–Kier alpha value is -1.87. The van der Waals surface area contributed by atoms with E-state index in [-0.39, 0.29) is 0 Å². The molecule has 1 N–H and O–H groups in total. The van der Waals surface area contributed by atoms with Gasteiger partial charge in [0, 0.05) is 18.3 Å². The molecule has 2 rings (SSSR count). The van der Waals surface area contributed by atoms with Crippen molar-refractivity contribution in [1.29, 1.82) is 0 Å². The topological polar surface area (TPSA) is 27.6 Å². The van der Waals surface area contributed by atoms with Gasteiger partial charge in [-0.1, -0.05) is 38.5 Å². The van der Waals surface area contributed by atoms with Crippen molar-refractivity contribution in [2.45, 2.75) is 40.0 Å². The van der Waals surface area contributed by atoms with Gasteiger partial charge in [-0.25, -0.2) is 10.4 Å². The Kier molecular flexibility index (Phi) is 5.34. The van der Waals surface area contributed by atoms with Crippen LogP contribution in [0.25, 0.3) is 5.57 Å². The number of rotatable bonds is 5. The van der Waals surface area contributed by atoms with Crippen LogP contribution in [-0.4, -0.2) is 12.4 Å². The van der Waals surface area contributed by atoms with Crippen molar-refractivity contribution in [3.63, 3.8) is 0 Å². The second kappa shape index (κ2) is 7.23. The van der Waals surface area contributed by atoms with E-state index in [4.69, 9.17) is 0 Å². The number of hydrogen-bond donors (Lipinski definition) is 1. The highest BCUT2D eigenvalue weighted by Gasteiger charge is 2.16. The fourth-order valence-corrected chi connectivity index (χ4v) is 2.42. The summed E-state index contributed by atoms with van der Waals surface area (Å²) in [6.07, 6.45) is 7.42. The van der Waals surface area contributed by atoms with Gasteiger partial charge in [0.1, 0.15) is 5.84 Å². The molecule has 1 aromatic carbocycles. The van der Waals surface area contributed by atoms with E-state index in [1.165, 1.54) is 18.4 Å². The van der Waals surface area contributed by atoms with E-state index >= 15 is 0 Å².